The van der Waals surface area contributed by atoms with E-state index in [0.29, 0.717) is 0 Å². The number of hydrogen-bond donors (Lipinski definition) is 0. The Labute approximate surface area is 358 Å². The molecule has 9 aromatic carbocycles. The molecule has 1 aromatic heterocycles. The molecule has 0 saturated heterocycles. The molecule has 2 nitrogen and oxygen atoms in total. The minimum Gasteiger partial charge on any atom is -0.455 e. The van der Waals surface area contributed by atoms with Crippen LogP contribution in [0.5, 0.6) is 0 Å². The molecule has 10 aromatic rings. The average Bonchev–Trinajstić information content (AvgIpc) is 3.84. The minimum absolute atomic E-state index is 0.0529. The van der Waals surface area contributed by atoms with E-state index in [0.717, 1.165) is 55.7 Å². The highest BCUT2D eigenvalue weighted by Crippen LogP contribution is 2.56. The van der Waals surface area contributed by atoms with Crippen LogP contribution in [-0.4, -0.2) is 0 Å². The lowest BCUT2D eigenvalue weighted by Crippen LogP contribution is -2.29. The second kappa shape index (κ2) is 14.4. The maximum Gasteiger partial charge on any atom is 0.143 e. The van der Waals surface area contributed by atoms with Gasteiger partial charge in [0.2, 0.25) is 0 Å². The SMILES string of the molecule is CC(C)(C)c1ccc(C2(c3ccc(N(c4ccc(-c5cccc6c5oc5ccccc56)cc4)c4ccccc4-c4ccccc4)cc3)c3ccccc3-c3ccccc32)cc1. The largest absolute Gasteiger partial charge is 0.455 e. The fourth-order valence-electron chi connectivity index (χ4n) is 9.83. The maximum absolute atomic E-state index is 6.47. The van der Waals surface area contributed by atoms with Crippen LogP contribution in [0.3, 0.4) is 0 Å². The van der Waals surface area contributed by atoms with Gasteiger partial charge in [-0.2, -0.15) is 0 Å². The molecule has 292 valence electrons. The van der Waals surface area contributed by atoms with Crippen molar-refractivity contribution in [3.63, 3.8) is 0 Å². The molecule has 0 saturated carbocycles. The molecule has 0 spiro atoms. The van der Waals surface area contributed by atoms with E-state index in [1.807, 2.05) is 12.1 Å². The van der Waals surface area contributed by atoms with Crippen molar-refractivity contribution in [3.05, 3.63) is 246 Å². The van der Waals surface area contributed by atoms with E-state index in [-0.39, 0.29) is 5.41 Å². The van der Waals surface area contributed by atoms with Crippen molar-refractivity contribution in [2.24, 2.45) is 0 Å². The molecule has 0 aliphatic heterocycles. The van der Waals surface area contributed by atoms with E-state index in [2.05, 4.69) is 232 Å². The first kappa shape index (κ1) is 36.6. The summed E-state index contributed by atoms with van der Waals surface area (Å²) in [5, 5.41) is 2.27. The van der Waals surface area contributed by atoms with Gasteiger partial charge in [-0.3, -0.25) is 0 Å². The summed E-state index contributed by atoms with van der Waals surface area (Å²) in [4.78, 5) is 2.40. The smallest absolute Gasteiger partial charge is 0.143 e. The van der Waals surface area contributed by atoms with Gasteiger partial charge in [0.15, 0.2) is 0 Å². The van der Waals surface area contributed by atoms with Gasteiger partial charge in [0, 0.05) is 33.3 Å². The zero-order valence-electron chi connectivity index (χ0n) is 34.6. The molecular formula is C59H45NO. The average molecular weight is 784 g/mol. The topological polar surface area (TPSA) is 16.4 Å². The molecule has 0 atom stereocenters. The number of fused-ring (bicyclic) bond motifs is 6. The fraction of sp³-hybridized carbons (Fsp3) is 0.0847. The van der Waals surface area contributed by atoms with Crippen molar-refractivity contribution in [2.45, 2.75) is 31.6 Å². The molecule has 0 radical (unpaired) electrons. The second-order valence-electron chi connectivity index (χ2n) is 17.3. The Bertz CT molecular complexity index is 3160. The van der Waals surface area contributed by atoms with Gasteiger partial charge in [-0.25, -0.2) is 0 Å². The molecule has 61 heavy (non-hydrogen) atoms. The predicted octanol–water partition coefficient (Wildman–Crippen LogP) is 16.1. The van der Waals surface area contributed by atoms with E-state index in [1.165, 1.54) is 44.5 Å². The Morgan fingerprint density at radius 2 is 0.885 bits per heavy atom. The standard InChI is InChI=1S/C59H45NO/c1-58(2,3)42-30-32-43(33-31-42)59(53-24-11-7-19-49(53)50-20-8-12-25-54(50)59)44-34-38-46(39-35-44)60(55-26-13-9-18-47(55)40-16-5-4-6-17-40)45-36-28-41(29-37-45)48-22-15-23-52-51-21-10-14-27-56(51)61-57(48)52/h4-39H,1-3H3. The van der Waals surface area contributed by atoms with Crippen LogP contribution in [0.1, 0.15) is 48.6 Å². The molecule has 0 unspecified atom stereocenters. The van der Waals surface area contributed by atoms with Crippen LogP contribution >= 0.6 is 0 Å². The van der Waals surface area contributed by atoms with E-state index >= 15 is 0 Å². The number of furan rings is 1. The highest BCUT2D eigenvalue weighted by atomic mass is 16.3. The van der Waals surface area contributed by atoms with E-state index in [4.69, 9.17) is 4.42 Å². The van der Waals surface area contributed by atoms with Gasteiger partial charge in [-0.1, -0.05) is 203 Å². The zero-order valence-corrected chi connectivity index (χ0v) is 34.6. The molecule has 0 N–H and O–H groups in total. The molecule has 0 fully saturated rings. The maximum atomic E-state index is 6.47. The van der Waals surface area contributed by atoms with Crippen LogP contribution in [0.2, 0.25) is 0 Å². The quantitative estimate of drug-likeness (QED) is 0.160. The molecule has 0 amide bonds. The Kier molecular flexibility index (Phi) is 8.65. The third-order valence-electron chi connectivity index (χ3n) is 12.8. The van der Waals surface area contributed by atoms with Crippen molar-refractivity contribution < 1.29 is 4.42 Å². The Hall–Kier alpha value is -7.42. The van der Waals surface area contributed by atoms with Crippen LogP contribution in [0.15, 0.2) is 223 Å². The van der Waals surface area contributed by atoms with Crippen LogP contribution in [0.25, 0.3) is 55.3 Å². The lowest BCUT2D eigenvalue weighted by molar-refractivity contribution is 0.589. The summed E-state index contributed by atoms with van der Waals surface area (Å²) in [6.07, 6.45) is 0. The van der Waals surface area contributed by atoms with Gasteiger partial charge in [0.25, 0.3) is 0 Å². The number of benzene rings is 9. The lowest BCUT2D eigenvalue weighted by Gasteiger charge is -2.35. The van der Waals surface area contributed by atoms with Crippen LogP contribution in [-0.2, 0) is 10.8 Å². The molecular weight excluding hydrogens is 739 g/mol. The first-order valence-corrected chi connectivity index (χ1v) is 21.3. The van der Waals surface area contributed by atoms with E-state index < -0.39 is 5.41 Å². The van der Waals surface area contributed by atoms with E-state index in [9.17, 15) is 0 Å². The van der Waals surface area contributed by atoms with Gasteiger partial charge in [0.05, 0.1) is 11.1 Å². The van der Waals surface area contributed by atoms with Crippen LogP contribution in [0, 0.1) is 0 Å². The minimum atomic E-state index is -0.492. The van der Waals surface area contributed by atoms with Gasteiger partial charge in [-0.15, -0.1) is 0 Å². The van der Waals surface area contributed by atoms with Crippen molar-refractivity contribution >= 4 is 39.0 Å². The highest BCUT2D eigenvalue weighted by molar-refractivity contribution is 6.09. The summed E-state index contributed by atoms with van der Waals surface area (Å²) < 4.78 is 6.47. The molecule has 0 bridgehead atoms. The predicted molar refractivity (Wildman–Crippen MR) is 255 cm³/mol. The Balaban J connectivity index is 1.08. The van der Waals surface area contributed by atoms with Gasteiger partial charge >= 0.3 is 0 Å². The van der Waals surface area contributed by atoms with Crippen molar-refractivity contribution in [3.8, 4) is 33.4 Å². The van der Waals surface area contributed by atoms with Gasteiger partial charge in [-0.05, 0) is 91.9 Å². The molecule has 1 heterocycles. The molecule has 1 aliphatic rings. The second-order valence-corrected chi connectivity index (χ2v) is 17.3. The van der Waals surface area contributed by atoms with Gasteiger partial charge in [0.1, 0.15) is 11.2 Å². The number of anilines is 3. The third kappa shape index (κ3) is 5.93. The summed E-state index contributed by atoms with van der Waals surface area (Å²) >= 11 is 0. The summed E-state index contributed by atoms with van der Waals surface area (Å²) in [5.41, 5.74) is 18.2. The van der Waals surface area contributed by atoms with Crippen LogP contribution in [0.4, 0.5) is 17.1 Å². The van der Waals surface area contributed by atoms with Crippen molar-refractivity contribution in [1.29, 1.82) is 0 Å². The normalized spacial score (nSPS) is 13.0. The Morgan fingerprint density at radius 3 is 1.54 bits per heavy atom. The van der Waals surface area contributed by atoms with Crippen LogP contribution < -0.4 is 4.90 Å². The highest BCUT2D eigenvalue weighted by Gasteiger charge is 2.46. The first-order chi connectivity index (χ1) is 29.9. The zero-order chi connectivity index (χ0) is 41.1. The number of para-hydroxylation sites is 3. The monoisotopic (exact) mass is 783 g/mol. The Morgan fingerprint density at radius 1 is 0.393 bits per heavy atom. The lowest BCUT2D eigenvalue weighted by atomic mass is 9.67. The fourth-order valence-corrected chi connectivity index (χ4v) is 9.83. The third-order valence-corrected chi connectivity index (χ3v) is 12.8. The van der Waals surface area contributed by atoms with Crippen molar-refractivity contribution in [2.75, 3.05) is 4.90 Å². The molecule has 11 rings (SSSR count). The summed E-state index contributed by atoms with van der Waals surface area (Å²) in [6, 6.07) is 79.8. The number of nitrogens with zero attached hydrogens (tertiary/aromatic N) is 1. The molecule has 2 heteroatoms. The first-order valence-electron chi connectivity index (χ1n) is 21.3. The van der Waals surface area contributed by atoms with E-state index in [1.54, 1.807) is 0 Å². The summed E-state index contributed by atoms with van der Waals surface area (Å²) in [7, 11) is 0. The number of rotatable bonds is 7. The van der Waals surface area contributed by atoms with Gasteiger partial charge < -0.3 is 9.32 Å². The molecule has 1 aliphatic carbocycles. The van der Waals surface area contributed by atoms with Crippen molar-refractivity contribution in [1.82, 2.24) is 0 Å². The summed E-state index contributed by atoms with van der Waals surface area (Å²) in [6.45, 7) is 6.85. The number of hydrogen-bond acceptors (Lipinski definition) is 2. The summed E-state index contributed by atoms with van der Waals surface area (Å²) in [5.74, 6) is 0.